The third-order valence-electron chi connectivity index (χ3n) is 4.48. The van der Waals surface area contributed by atoms with Crippen LogP contribution in [-0.4, -0.2) is 40.1 Å². The molecular weight excluding hydrogens is 350 g/mol. The Kier molecular flexibility index (Phi) is 5.46. The standard InChI is InChI=1S/C19H21N3O3S/c1-19(17(23)24)8-10-22(13-19)18(25)21-15-6-4-5-14(11-15)12-26-16-7-2-3-9-20-16/h2-7,9,11H,8,10,12-13H2,1H3,(H,21,25)(H,23,24). The number of anilines is 1. The number of hydrogen-bond acceptors (Lipinski definition) is 4. The third kappa shape index (κ3) is 4.35. The van der Waals surface area contributed by atoms with Gasteiger partial charge in [0.2, 0.25) is 0 Å². The number of aliphatic carboxylic acids is 1. The van der Waals surface area contributed by atoms with Gasteiger partial charge in [-0.25, -0.2) is 9.78 Å². The maximum absolute atomic E-state index is 12.4. The molecule has 1 unspecified atom stereocenters. The molecule has 26 heavy (non-hydrogen) atoms. The highest BCUT2D eigenvalue weighted by molar-refractivity contribution is 7.98. The van der Waals surface area contributed by atoms with Gasteiger partial charge in [-0.15, -0.1) is 11.8 Å². The SMILES string of the molecule is CC1(C(=O)O)CCN(C(=O)Nc2cccc(CSc3ccccn3)c2)C1. The lowest BCUT2D eigenvalue weighted by Gasteiger charge is -2.20. The highest BCUT2D eigenvalue weighted by atomic mass is 32.2. The number of urea groups is 1. The van der Waals surface area contributed by atoms with Crippen LogP contribution in [0.5, 0.6) is 0 Å². The van der Waals surface area contributed by atoms with E-state index in [-0.39, 0.29) is 12.6 Å². The molecule has 0 radical (unpaired) electrons. The number of nitrogens with zero attached hydrogens (tertiary/aromatic N) is 2. The first-order chi connectivity index (χ1) is 12.5. The maximum atomic E-state index is 12.4. The van der Waals surface area contributed by atoms with Crippen LogP contribution in [-0.2, 0) is 10.5 Å². The summed E-state index contributed by atoms with van der Waals surface area (Å²) in [5.74, 6) is -0.108. The molecule has 0 saturated carbocycles. The van der Waals surface area contributed by atoms with E-state index in [0.717, 1.165) is 16.3 Å². The Morgan fingerprint density at radius 2 is 2.15 bits per heavy atom. The fourth-order valence-corrected chi connectivity index (χ4v) is 3.64. The van der Waals surface area contributed by atoms with Crippen molar-refractivity contribution in [3.8, 4) is 0 Å². The van der Waals surface area contributed by atoms with E-state index >= 15 is 0 Å². The van der Waals surface area contributed by atoms with Crippen molar-refractivity contribution in [2.75, 3.05) is 18.4 Å². The zero-order chi connectivity index (χ0) is 18.6. The van der Waals surface area contributed by atoms with Crippen LogP contribution in [0.3, 0.4) is 0 Å². The van der Waals surface area contributed by atoms with Crippen molar-refractivity contribution in [3.05, 3.63) is 54.2 Å². The van der Waals surface area contributed by atoms with Crippen LogP contribution >= 0.6 is 11.8 Å². The largest absolute Gasteiger partial charge is 0.481 e. The van der Waals surface area contributed by atoms with Crippen LogP contribution < -0.4 is 5.32 Å². The molecule has 1 aromatic carbocycles. The Hall–Kier alpha value is -2.54. The number of carboxylic acid groups (broad SMARTS) is 1. The van der Waals surface area contributed by atoms with Gasteiger partial charge < -0.3 is 15.3 Å². The summed E-state index contributed by atoms with van der Waals surface area (Å²) in [7, 11) is 0. The second kappa shape index (κ2) is 7.78. The molecule has 2 aromatic rings. The van der Waals surface area contributed by atoms with Gasteiger partial charge in [-0.1, -0.05) is 18.2 Å². The van der Waals surface area contributed by atoms with Gasteiger partial charge in [0.1, 0.15) is 0 Å². The lowest BCUT2D eigenvalue weighted by atomic mass is 9.90. The average Bonchev–Trinajstić information content (AvgIpc) is 3.05. The van der Waals surface area contributed by atoms with E-state index < -0.39 is 11.4 Å². The number of nitrogens with one attached hydrogen (secondary N) is 1. The number of thioether (sulfide) groups is 1. The minimum Gasteiger partial charge on any atom is -0.481 e. The summed E-state index contributed by atoms with van der Waals surface area (Å²) in [6, 6.07) is 13.2. The van der Waals surface area contributed by atoms with Gasteiger partial charge in [0.25, 0.3) is 0 Å². The minimum absolute atomic E-state index is 0.226. The summed E-state index contributed by atoms with van der Waals surface area (Å²) in [6.45, 7) is 2.35. The highest BCUT2D eigenvalue weighted by Crippen LogP contribution is 2.30. The van der Waals surface area contributed by atoms with E-state index in [2.05, 4.69) is 10.3 Å². The number of benzene rings is 1. The molecule has 136 valence electrons. The number of carbonyl (C=O) groups excluding carboxylic acids is 1. The second-order valence-electron chi connectivity index (χ2n) is 6.62. The monoisotopic (exact) mass is 371 g/mol. The topological polar surface area (TPSA) is 82.5 Å². The lowest BCUT2D eigenvalue weighted by molar-refractivity contribution is -0.146. The van der Waals surface area contributed by atoms with Gasteiger partial charge in [-0.3, -0.25) is 4.79 Å². The number of likely N-dealkylation sites (tertiary alicyclic amines) is 1. The van der Waals surface area contributed by atoms with Crippen LogP contribution in [0.15, 0.2) is 53.7 Å². The Bertz CT molecular complexity index is 800. The van der Waals surface area contributed by atoms with E-state index in [0.29, 0.717) is 18.7 Å². The first-order valence-corrected chi connectivity index (χ1v) is 9.37. The van der Waals surface area contributed by atoms with Gasteiger partial charge >= 0.3 is 12.0 Å². The molecule has 1 saturated heterocycles. The van der Waals surface area contributed by atoms with Crippen molar-refractivity contribution in [1.82, 2.24) is 9.88 Å². The Labute approximate surface area is 156 Å². The molecule has 1 aromatic heterocycles. The van der Waals surface area contributed by atoms with Crippen molar-refractivity contribution in [2.24, 2.45) is 5.41 Å². The second-order valence-corrected chi connectivity index (χ2v) is 7.62. The molecule has 2 N–H and O–H groups in total. The summed E-state index contributed by atoms with van der Waals surface area (Å²) < 4.78 is 0. The fourth-order valence-electron chi connectivity index (χ4n) is 2.84. The molecular formula is C19H21N3O3S. The molecule has 1 atom stereocenters. The quantitative estimate of drug-likeness (QED) is 0.783. The molecule has 0 spiro atoms. The smallest absolute Gasteiger partial charge is 0.321 e. The first kappa shape index (κ1) is 18.3. The van der Waals surface area contributed by atoms with Crippen LogP contribution in [0.1, 0.15) is 18.9 Å². The molecule has 0 aliphatic carbocycles. The zero-order valence-corrected chi connectivity index (χ0v) is 15.3. The first-order valence-electron chi connectivity index (χ1n) is 8.38. The van der Waals surface area contributed by atoms with E-state index in [1.165, 1.54) is 0 Å². The predicted molar refractivity (Wildman–Crippen MR) is 101 cm³/mol. The van der Waals surface area contributed by atoms with E-state index in [1.54, 1.807) is 29.8 Å². The van der Waals surface area contributed by atoms with Gasteiger partial charge in [0, 0.05) is 30.7 Å². The van der Waals surface area contributed by atoms with Crippen LogP contribution in [0.2, 0.25) is 0 Å². The molecule has 1 fully saturated rings. The van der Waals surface area contributed by atoms with Crippen molar-refractivity contribution in [2.45, 2.75) is 24.1 Å². The van der Waals surface area contributed by atoms with Crippen molar-refractivity contribution in [3.63, 3.8) is 0 Å². The van der Waals surface area contributed by atoms with Crippen molar-refractivity contribution in [1.29, 1.82) is 0 Å². The summed E-state index contributed by atoms with van der Waals surface area (Å²) in [4.78, 5) is 29.6. The van der Waals surface area contributed by atoms with E-state index in [4.69, 9.17) is 0 Å². The van der Waals surface area contributed by atoms with Gasteiger partial charge in [-0.2, -0.15) is 0 Å². The van der Waals surface area contributed by atoms with Gasteiger partial charge in [-0.05, 0) is 43.2 Å². The number of rotatable bonds is 5. The minimum atomic E-state index is -0.863. The Morgan fingerprint density at radius 3 is 2.85 bits per heavy atom. The molecule has 1 aliphatic rings. The number of carboxylic acids is 1. The van der Waals surface area contributed by atoms with Crippen LogP contribution in [0, 0.1) is 5.41 Å². The predicted octanol–water partition coefficient (Wildman–Crippen LogP) is 3.70. The summed E-state index contributed by atoms with van der Waals surface area (Å²) in [5, 5.41) is 13.1. The van der Waals surface area contributed by atoms with Crippen molar-refractivity contribution < 1.29 is 14.7 Å². The lowest BCUT2D eigenvalue weighted by Crippen LogP contribution is -2.37. The van der Waals surface area contributed by atoms with Gasteiger partial charge in [0.15, 0.2) is 0 Å². The number of pyridine rings is 1. The molecule has 2 amide bonds. The third-order valence-corrected chi connectivity index (χ3v) is 5.49. The zero-order valence-electron chi connectivity index (χ0n) is 14.5. The van der Waals surface area contributed by atoms with E-state index in [9.17, 15) is 14.7 Å². The van der Waals surface area contributed by atoms with Crippen molar-refractivity contribution >= 4 is 29.4 Å². The highest BCUT2D eigenvalue weighted by Gasteiger charge is 2.42. The number of hydrogen-bond donors (Lipinski definition) is 2. The van der Waals surface area contributed by atoms with Crippen LogP contribution in [0.4, 0.5) is 10.5 Å². The molecule has 0 bridgehead atoms. The number of aromatic nitrogens is 1. The maximum Gasteiger partial charge on any atom is 0.321 e. The van der Waals surface area contributed by atoms with Crippen LogP contribution in [0.25, 0.3) is 0 Å². The van der Waals surface area contributed by atoms with Gasteiger partial charge in [0.05, 0.1) is 10.4 Å². The summed E-state index contributed by atoms with van der Waals surface area (Å²) in [5.41, 5.74) is 0.923. The normalized spacial score (nSPS) is 19.3. The van der Waals surface area contributed by atoms with E-state index in [1.807, 2.05) is 42.5 Å². The molecule has 1 aliphatic heterocycles. The average molecular weight is 371 g/mol. The summed E-state index contributed by atoms with van der Waals surface area (Å²) >= 11 is 1.63. The molecule has 2 heterocycles. The fraction of sp³-hybridized carbons (Fsp3) is 0.316. The summed E-state index contributed by atoms with van der Waals surface area (Å²) in [6.07, 6.45) is 2.23. The molecule has 3 rings (SSSR count). The molecule has 7 heteroatoms. The molecule has 6 nitrogen and oxygen atoms in total. The Balaban J connectivity index is 1.58. The number of amides is 2. The number of carbonyl (C=O) groups is 2. The Morgan fingerprint density at radius 1 is 1.31 bits per heavy atom.